The van der Waals surface area contributed by atoms with Gasteiger partial charge in [0, 0.05) is 0 Å². The van der Waals surface area contributed by atoms with Gasteiger partial charge in [0.2, 0.25) is 0 Å². The average molecular weight is 466 g/mol. The van der Waals surface area contributed by atoms with Crippen molar-refractivity contribution >= 4 is 5.97 Å². The molecule has 1 aromatic carbocycles. The van der Waals surface area contributed by atoms with E-state index in [2.05, 4.69) is 65.0 Å². The number of hydrogen-bond acceptors (Lipinski definition) is 2. The molecule has 3 nitrogen and oxygen atoms in total. The Morgan fingerprint density at radius 1 is 0.906 bits per heavy atom. The Hall–Kier alpha value is -1.32. The van der Waals surface area contributed by atoms with Crippen LogP contribution in [0.4, 0.5) is 0 Å². The molecule has 0 bridgehead atoms. The first-order valence-corrected chi connectivity index (χ1v) is 12.7. The number of aryl methyl sites for hydroxylation is 1. The van der Waals surface area contributed by atoms with Gasteiger partial charge in [0.1, 0.15) is 0 Å². The van der Waals surface area contributed by atoms with Crippen molar-refractivity contribution < 1.29 is 26.4 Å². The first kappa shape index (κ1) is 30.7. The number of carbonyl (C=O) groups excluding carboxylic acids is 1. The van der Waals surface area contributed by atoms with Crippen molar-refractivity contribution in [2.45, 2.75) is 92.4 Å². The third-order valence-electron chi connectivity index (χ3n) is 6.50. The second kappa shape index (κ2) is 18.1. The summed E-state index contributed by atoms with van der Waals surface area (Å²) in [6.45, 7) is 14.7. The van der Waals surface area contributed by atoms with Crippen LogP contribution >= 0.6 is 0 Å². The highest BCUT2D eigenvalue weighted by atomic mass is 35.5. The maximum Gasteiger partial charge on any atom is 0.361 e. The summed E-state index contributed by atoms with van der Waals surface area (Å²) in [4.78, 5) is 12.5. The lowest BCUT2D eigenvalue weighted by Crippen LogP contribution is -3.00. The van der Waals surface area contributed by atoms with E-state index in [1.54, 1.807) is 0 Å². The van der Waals surface area contributed by atoms with E-state index in [1.807, 2.05) is 0 Å². The van der Waals surface area contributed by atoms with E-state index in [-0.39, 0.29) is 18.4 Å². The molecular weight excluding hydrogens is 418 g/mol. The van der Waals surface area contributed by atoms with Gasteiger partial charge in [0.15, 0.2) is 6.54 Å². The Bertz CT molecular complexity index is 635. The summed E-state index contributed by atoms with van der Waals surface area (Å²) in [5, 5.41) is 0. The minimum Gasteiger partial charge on any atom is -1.00 e. The topological polar surface area (TPSA) is 26.3 Å². The average Bonchev–Trinajstić information content (AvgIpc) is 2.77. The largest absolute Gasteiger partial charge is 1.00 e. The summed E-state index contributed by atoms with van der Waals surface area (Å²) in [6.07, 6.45) is 13.4. The fraction of sp³-hybridized carbons (Fsp3) is 0.679. The van der Waals surface area contributed by atoms with Crippen molar-refractivity contribution in [1.29, 1.82) is 0 Å². The summed E-state index contributed by atoms with van der Waals surface area (Å²) < 4.78 is 6.35. The van der Waals surface area contributed by atoms with Crippen LogP contribution in [0.15, 0.2) is 35.9 Å². The number of carbonyl (C=O) groups is 1. The van der Waals surface area contributed by atoms with Crippen LogP contribution in [-0.4, -0.2) is 43.2 Å². The van der Waals surface area contributed by atoms with Gasteiger partial charge in [-0.1, -0.05) is 87.3 Å². The van der Waals surface area contributed by atoms with Gasteiger partial charge in [-0.15, -0.1) is 0 Å². The smallest absolute Gasteiger partial charge is 0.361 e. The Labute approximate surface area is 204 Å². The molecule has 0 atom stereocenters. The zero-order valence-electron chi connectivity index (χ0n) is 21.4. The second-order valence-electron chi connectivity index (χ2n) is 9.22. The Kier molecular flexibility index (Phi) is 17.4. The third-order valence-corrected chi connectivity index (χ3v) is 6.50. The Morgan fingerprint density at radius 2 is 1.47 bits per heavy atom. The fourth-order valence-electron chi connectivity index (χ4n) is 3.96. The van der Waals surface area contributed by atoms with Crippen molar-refractivity contribution in [3.63, 3.8) is 0 Å². The molecule has 0 aliphatic rings. The predicted octanol–water partition coefficient (Wildman–Crippen LogP) is 4.03. The van der Waals surface area contributed by atoms with E-state index >= 15 is 0 Å². The number of ether oxygens (including phenoxy) is 1. The van der Waals surface area contributed by atoms with Crippen molar-refractivity contribution in [3.8, 4) is 0 Å². The highest BCUT2D eigenvalue weighted by Crippen LogP contribution is 2.13. The number of hydrogen-bond donors (Lipinski definition) is 0. The predicted molar refractivity (Wildman–Crippen MR) is 133 cm³/mol. The molecule has 184 valence electrons. The molecule has 0 aromatic heterocycles. The molecule has 1 rings (SSSR count). The molecule has 0 saturated carbocycles. The van der Waals surface area contributed by atoms with Crippen LogP contribution in [-0.2, 0) is 16.0 Å². The normalized spacial score (nSPS) is 11.8. The van der Waals surface area contributed by atoms with Gasteiger partial charge >= 0.3 is 5.97 Å². The molecule has 0 N–H and O–H groups in total. The van der Waals surface area contributed by atoms with E-state index in [1.165, 1.54) is 61.6 Å². The van der Waals surface area contributed by atoms with Crippen LogP contribution in [0.1, 0.15) is 90.2 Å². The maximum atomic E-state index is 12.5. The number of benzene rings is 1. The highest BCUT2D eigenvalue weighted by molar-refractivity contribution is 5.70. The van der Waals surface area contributed by atoms with Crippen molar-refractivity contribution in [3.05, 3.63) is 47.0 Å². The molecule has 0 radical (unpaired) electrons. The molecule has 1 aromatic rings. The van der Waals surface area contributed by atoms with Crippen molar-refractivity contribution in [2.75, 3.05) is 32.8 Å². The van der Waals surface area contributed by atoms with Crippen LogP contribution in [0.2, 0.25) is 0 Å². The van der Waals surface area contributed by atoms with Crippen molar-refractivity contribution in [1.82, 2.24) is 0 Å². The Morgan fingerprint density at radius 3 is 2.03 bits per heavy atom. The zero-order valence-corrected chi connectivity index (χ0v) is 22.2. The first-order chi connectivity index (χ1) is 14.9. The highest BCUT2D eigenvalue weighted by Gasteiger charge is 2.26. The summed E-state index contributed by atoms with van der Waals surface area (Å²) >= 11 is 0. The van der Waals surface area contributed by atoms with Crippen LogP contribution in [0.3, 0.4) is 0 Å². The zero-order chi connectivity index (χ0) is 23.0. The van der Waals surface area contributed by atoms with E-state index in [9.17, 15) is 4.79 Å². The SMILES string of the molecule is CCCCCCCCCCOC(=O)C[N+](CC)(CC)C/C=C(/C)Cc1ccc(C)cc1.[Cl-]. The molecule has 0 amide bonds. The lowest BCUT2D eigenvalue weighted by Gasteiger charge is -2.35. The minimum absolute atomic E-state index is 0. The van der Waals surface area contributed by atoms with E-state index in [0.717, 1.165) is 37.0 Å². The monoisotopic (exact) mass is 465 g/mol. The molecular formula is C28H48ClNO2. The summed E-state index contributed by atoms with van der Waals surface area (Å²) in [5.74, 6) is -0.0452. The molecule has 0 heterocycles. The van der Waals surface area contributed by atoms with Gasteiger partial charge in [-0.05, 0) is 52.2 Å². The summed E-state index contributed by atoms with van der Waals surface area (Å²) in [7, 11) is 0. The minimum atomic E-state index is -0.0452. The number of quaternary nitrogens is 1. The molecule has 32 heavy (non-hydrogen) atoms. The van der Waals surface area contributed by atoms with E-state index in [0.29, 0.717) is 13.2 Å². The lowest BCUT2D eigenvalue weighted by atomic mass is 10.0. The van der Waals surface area contributed by atoms with Gasteiger partial charge in [-0.25, -0.2) is 4.79 Å². The third kappa shape index (κ3) is 13.3. The Balaban J connectivity index is 0.00000961. The van der Waals surface area contributed by atoms with E-state index < -0.39 is 0 Å². The molecule has 0 aliphatic carbocycles. The van der Waals surface area contributed by atoms with Gasteiger partial charge in [-0.2, -0.15) is 0 Å². The standard InChI is InChI=1S/C28H48NO2.ClH/c1-6-9-10-11-12-13-14-15-22-31-28(30)24-29(7-2,8-3)21-20-26(5)23-27-18-16-25(4)17-19-27;/h16-20H,6-15,21-24H2,1-5H3;1H/q+1;/p-1/b26-20-;. The van der Waals surface area contributed by atoms with Crippen LogP contribution in [0.5, 0.6) is 0 Å². The number of esters is 1. The number of rotatable bonds is 17. The molecule has 0 fully saturated rings. The van der Waals surface area contributed by atoms with Gasteiger partial charge in [0.25, 0.3) is 0 Å². The second-order valence-corrected chi connectivity index (χ2v) is 9.22. The number of halogens is 1. The molecule has 4 heteroatoms. The molecule has 0 aliphatic heterocycles. The van der Waals surface area contributed by atoms with Crippen LogP contribution in [0, 0.1) is 6.92 Å². The summed E-state index contributed by atoms with van der Waals surface area (Å²) in [5.41, 5.74) is 4.00. The number of likely N-dealkylation sites (N-methyl/N-ethyl adjacent to an activating group) is 1. The number of nitrogens with zero attached hydrogens (tertiary/aromatic N) is 1. The van der Waals surface area contributed by atoms with Gasteiger partial charge < -0.3 is 21.6 Å². The lowest BCUT2D eigenvalue weighted by molar-refractivity contribution is -0.912. The van der Waals surface area contributed by atoms with Crippen LogP contribution in [0.25, 0.3) is 0 Å². The van der Waals surface area contributed by atoms with Crippen LogP contribution < -0.4 is 12.4 Å². The summed E-state index contributed by atoms with van der Waals surface area (Å²) in [6, 6.07) is 8.75. The molecule has 0 unspecified atom stereocenters. The van der Waals surface area contributed by atoms with Crippen molar-refractivity contribution in [2.24, 2.45) is 0 Å². The van der Waals surface area contributed by atoms with Gasteiger partial charge in [0.05, 0.1) is 26.2 Å². The quantitative estimate of drug-likeness (QED) is 0.150. The number of unbranched alkanes of at least 4 members (excludes halogenated alkanes) is 7. The van der Waals surface area contributed by atoms with E-state index in [4.69, 9.17) is 4.74 Å². The first-order valence-electron chi connectivity index (χ1n) is 12.7. The molecule has 0 saturated heterocycles. The molecule has 0 spiro atoms. The number of allylic oxidation sites excluding steroid dienone is 1. The van der Waals surface area contributed by atoms with Gasteiger partial charge in [-0.3, -0.25) is 0 Å². The fourth-order valence-corrected chi connectivity index (χ4v) is 3.96. The maximum absolute atomic E-state index is 12.5.